The Morgan fingerprint density at radius 3 is 1.82 bits per heavy atom. The number of aryl methyl sites for hydroxylation is 2. The van der Waals surface area contributed by atoms with Gasteiger partial charge in [-0.25, -0.2) is 8.78 Å². The molecule has 0 radical (unpaired) electrons. The van der Waals surface area contributed by atoms with Gasteiger partial charge in [-0.1, -0.05) is 6.42 Å². The molecule has 33 heavy (non-hydrogen) atoms. The predicted octanol–water partition coefficient (Wildman–Crippen LogP) is 4.12. The molecule has 1 fully saturated rings. The fourth-order valence-corrected chi connectivity index (χ4v) is 4.82. The van der Waals surface area contributed by atoms with Gasteiger partial charge >= 0.3 is 0 Å². The summed E-state index contributed by atoms with van der Waals surface area (Å²) in [5.41, 5.74) is 1.22. The number of nitrogens with zero attached hydrogens (tertiary/aromatic N) is 1. The van der Waals surface area contributed by atoms with Crippen LogP contribution < -0.4 is 9.47 Å². The van der Waals surface area contributed by atoms with Gasteiger partial charge in [0.2, 0.25) is 0 Å². The van der Waals surface area contributed by atoms with Gasteiger partial charge in [-0.3, -0.25) is 4.90 Å². The summed E-state index contributed by atoms with van der Waals surface area (Å²) in [6.45, 7) is 0.0258. The molecule has 0 aromatic heterocycles. The van der Waals surface area contributed by atoms with E-state index in [1.54, 1.807) is 38.5 Å². The summed E-state index contributed by atoms with van der Waals surface area (Å²) in [7, 11) is 3.12. The number of aliphatic hydroxyl groups is 2. The summed E-state index contributed by atoms with van der Waals surface area (Å²) in [4.78, 5) is 2.24. The van der Waals surface area contributed by atoms with E-state index in [4.69, 9.17) is 9.47 Å². The topological polar surface area (TPSA) is 62.2 Å². The molecule has 0 unspecified atom stereocenters. The first kappa shape index (κ1) is 25.4. The lowest BCUT2D eigenvalue weighted by atomic mass is 9.88. The average molecular weight is 464 g/mol. The van der Waals surface area contributed by atoms with Gasteiger partial charge < -0.3 is 19.7 Å². The van der Waals surface area contributed by atoms with Gasteiger partial charge in [0.1, 0.15) is 23.1 Å². The molecule has 182 valence electrons. The third-order valence-electron chi connectivity index (χ3n) is 6.64. The number of halogens is 2. The van der Waals surface area contributed by atoms with Gasteiger partial charge in [-0.05, 0) is 86.1 Å². The number of methoxy groups -OCH3 is 2. The smallest absolute Gasteiger partial charge is 0.126 e. The van der Waals surface area contributed by atoms with Gasteiger partial charge in [0.25, 0.3) is 0 Å². The minimum Gasteiger partial charge on any atom is -0.497 e. The number of aliphatic hydroxyl groups excluding tert-OH is 2. The number of ether oxygens (including phenoxy) is 2. The molecule has 5 nitrogen and oxygen atoms in total. The van der Waals surface area contributed by atoms with E-state index in [2.05, 4.69) is 4.90 Å². The highest BCUT2D eigenvalue weighted by Crippen LogP contribution is 2.30. The van der Waals surface area contributed by atoms with Crippen molar-refractivity contribution in [3.63, 3.8) is 0 Å². The van der Waals surface area contributed by atoms with E-state index in [0.717, 1.165) is 32.1 Å². The summed E-state index contributed by atoms with van der Waals surface area (Å²) in [5, 5.41) is 19.6. The highest BCUT2D eigenvalue weighted by molar-refractivity contribution is 5.31. The largest absolute Gasteiger partial charge is 0.497 e. The molecule has 0 saturated carbocycles. The van der Waals surface area contributed by atoms with Gasteiger partial charge in [0.05, 0.1) is 26.9 Å². The van der Waals surface area contributed by atoms with Crippen LogP contribution in [0, 0.1) is 11.6 Å². The number of benzene rings is 2. The average Bonchev–Trinajstić information content (AvgIpc) is 2.84. The van der Waals surface area contributed by atoms with Gasteiger partial charge in [-0.15, -0.1) is 0 Å². The quantitative estimate of drug-likeness (QED) is 0.525. The first-order chi connectivity index (χ1) is 15.9. The summed E-state index contributed by atoms with van der Waals surface area (Å²) < 4.78 is 39.1. The number of hydrogen-bond donors (Lipinski definition) is 2. The molecule has 1 aliphatic heterocycles. The predicted molar refractivity (Wildman–Crippen MR) is 124 cm³/mol. The highest BCUT2D eigenvalue weighted by Gasteiger charge is 2.31. The number of likely N-dealkylation sites (tertiary alicyclic amines) is 1. The number of β-amino-alcohol motifs (C(OH)–C–C–N with tert-alkyl or cyclic N) is 1. The monoisotopic (exact) mass is 463 g/mol. The van der Waals surface area contributed by atoms with Crippen LogP contribution in [0.25, 0.3) is 0 Å². The molecule has 2 aromatic carbocycles. The zero-order valence-electron chi connectivity index (χ0n) is 19.5. The maximum atomic E-state index is 14.3. The van der Waals surface area contributed by atoms with E-state index in [0.29, 0.717) is 42.0 Å². The molecule has 1 heterocycles. The van der Waals surface area contributed by atoms with E-state index in [-0.39, 0.29) is 30.3 Å². The summed E-state index contributed by atoms with van der Waals surface area (Å²) in [5.74, 6) is 0.749. The van der Waals surface area contributed by atoms with Crippen LogP contribution in [0.4, 0.5) is 8.78 Å². The Balaban J connectivity index is 1.71. The Morgan fingerprint density at radius 2 is 1.39 bits per heavy atom. The van der Waals surface area contributed by atoms with Crippen molar-refractivity contribution >= 4 is 0 Å². The van der Waals surface area contributed by atoms with Crippen molar-refractivity contribution < 1.29 is 28.5 Å². The van der Waals surface area contributed by atoms with E-state index >= 15 is 0 Å². The van der Waals surface area contributed by atoms with Gasteiger partial charge in [0.15, 0.2) is 0 Å². The summed E-state index contributed by atoms with van der Waals surface area (Å²) >= 11 is 0. The molecular formula is C26H35F2NO4. The fourth-order valence-electron chi connectivity index (χ4n) is 4.82. The number of piperidine rings is 1. The molecule has 2 aromatic rings. The molecular weight excluding hydrogens is 428 g/mol. The molecule has 0 bridgehead atoms. The molecule has 0 amide bonds. The van der Waals surface area contributed by atoms with Crippen LogP contribution in [0.15, 0.2) is 36.4 Å². The van der Waals surface area contributed by atoms with E-state index in [1.807, 2.05) is 0 Å². The van der Waals surface area contributed by atoms with Crippen molar-refractivity contribution in [3.05, 3.63) is 59.2 Å². The standard InChI is InChI=1S/C26H35F2NO4/c1-32-23-10-12-25(27)18(14-23)6-8-20-4-3-5-21(29(20)16-22(31)17-30)9-7-19-15-24(33-2)11-13-26(19)28/h10-15,20-22,30-31H,3-9,16-17H2,1-2H3/t20-,21+,22-/m1/s1. The van der Waals surface area contributed by atoms with Crippen molar-refractivity contribution in [2.75, 3.05) is 27.4 Å². The second-order valence-corrected chi connectivity index (χ2v) is 8.76. The van der Waals surface area contributed by atoms with Crippen molar-refractivity contribution in [3.8, 4) is 11.5 Å². The molecule has 7 heteroatoms. The SMILES string of the molecule is COc1ccc(F)c(CC[C@H]2CCC[C@@H](CCc3cc(OC)ccc3F)N2C[C@@H](O)CO)c1. The molecule has 1 aliphatic rings. The van der Waals surface area contributed by atoms with Crippen LogP contribution in [0.3, 0.4) is 0 Å². The first-order valence-corrected chi connectivity index (χ1v) is 11.6. The lowest BCUT2D eigenvalue weighted by Gasteiger charge is -2.43. The first-order valence-electron chi connectivity index (χ1n) is 11.6. The second-order valence-electron chi connectivity index (χ2n) is 8.76. The lowest BCUT2D eigenvalue weighted by Crippen LogP contribution is -2.50. The molecule has 0 aliphatic carbocycles. The Bertz CT molecular complexity index is 829. The lowest BCUT2D eigenvalue weighted by molar-refractivity contribution is 0.00204. The zero-order chi connectivity index (χ0) is 23.8. The van der Waals surface area contributed by atoms with Crippen molar-refractivity contribution in [1.29, 1.82) is 0 Å². The van der Waals surface area contributed by atoms with Crippen molar-refractivity contribution in [2.45, 2.75) is 63.1 Å². The van der Waals surface area contributed by atoms with Crippen LogP contribution in [0.1, 0.15) is 43.2 Å². The number of rotatable bonds is 11. The van der Waals surface area contributed by atoms with Crippen molar-refractivity contribution in [2.24, 2.45) is 0 Å². The molecule has 1 saturated heterocycles. The Hall–Kier alpha value is -2.22. The van der Waals surface area contributed by atoms with Gasteiger partial charge in [-0.2, -0.15) is 0 Å². The van der Waals surface area contributed by atoms with Crippen LogP contribution in [0.5, 0.6) is 11.5 Å². The maximum absolute atomic E-state index is 14.3. The second kappa shape index (κ2) is 12.3. The molecule has 2 N–H and O–H groups in total. The summed E-state index contributed by atoms with van der Waals surface area (Å²) in [6, 6.07) is 9.81. The van der Waals surface area contributed by atoms with Gasteiger partial charge in [0, 0.05) is 18.6 Å². The normalized spacial score (nSPS) is 19.9. The van der Waals surface area contributed by atoms with E-state index < -0.39 is 6.10 Å². The van der Waals surface area contributed by atoms with Crippen LogP contribution in [0.2, 0.25) is 0 Å². The third kappa shape index (κ3) is 6.88. The molecule has 3 atom stereocenters. The Kier molecular flexibility index (Phi) is 9.47. The molecule has 0 spiro atoms. The minimum absolute atomic E-state index is 0.144. The zero-order valence-corrected chi connectivity index (χ0v) is 19.5. The fraction of sp³-hybridized carbons (Fsp3) is 0.538. The minimum atomic E-state index is -0.852. The highest BCUT2D eigenvalue weighted by atomic mass is 19.1. The van der Waals surface area contributed by atoms with Crippen LogP contribution in [-0.2, 0) is 12.8 Å². The van der Waals surface area contributed by atoms with Crippen LogP contribution >= 0.6 is 0 Å². The van der Waals surface area contributed by atoms with E-state index in [1.165, 1.54) is 12.1 Å². The third-order valence-corrected chi connectivity index (χ3v) is 6.64. The van der Waals surface area contributed by atoms with Crippen molar-refractivity contribution in [1.82, 2.24) is 4.90 Å². The van der Waals surface area contributed by atoms with E-state index in [9.17, 15) is 19.0 Å². The number of hydrogen-bond acceptors (Lipinski definition) is 5. The Morgan fingerprint density at radius 1 is 0.909 bits per heavy atom. The molecule has 3 rings (SSSR count). The Labute approximate surface area is 194 Å². The summed E-state index contributed by atoms with van der Waals surface area (Å²) in [6.07, 6.45) is 4.60. The maximum Gasteiger partial charge on any atom is 0.126 e. The van der Waals surface area contributed by atoms with Crippen LogP contribution in [-0.4, -0.2) is 60.7 Å².